The lowest BCUT2D eigenvalue weighted by molar-refractivity contribution is -0.150. The first-order valence-corrected chi connectivity index (χ1v) is 9.23. The first kappa shape index (κ1) is 17.0. The molecule has 2 atom stereocenters. The van der Waals surface area contributed by atoms with Crippen molar-refractivity contribution >= 4 is 40.9 Å². The SMILES string of the molecule is CC1=C(C(=O)O)N2C(=O)[C@@H](NC(=O)Cc3ccc(CN)s3)[C@H]2SC1. The van der Waals surface area contributed by atoms with Crippen LogP contribution in [0.3, 0.4) is 0 Å². The first-order chi connectivity index (χ1) is 11.4. The van der Waals surface area contributed by atoms with E-state index in [4.69, 9.17) is 5.73 Å². The van der Waals surface area contributed by atoms with Crippen molar-refractivity contribution < 1.29 is 19.5 Å². The molecular formula is C15H17N3O4S2. The van der Waals surface area contributed by atoms with Crippen LogP contribution in [0.4, 0.5) is 0 Å². The molecule has 2 aliphatic rings. The molecule has 0 aromatic carbocycles. The molecule has 9 heteroatoms. The van der Waals surface area contributed by atoms with E-state index in [2.05, 4.69) is 5.32 Å². The number of nitrogens with two attached hydrogens (primary N) is 1. The van der Waals surface area contributed by atoms with E-state index in [-0.39, 0.29) is 29.3 Å². The molecule has 2 amide bonds. The Kier molecular flexibility index (Phi) is 4.66. The number of thioether (sulfide) groups is 1. The third-order valence-corrected chi connectivity index (χ3v) is 6.46. The van der Waals surface area contributed by atoms with E-state index < -0.39 is 12.0 Å². The Morgan fingerprint density at radius 1 is 1.42 bits per heavy atom. The maximum absolute atomic E-state index is 12.3. The van der Waals surface area contributed by atoms with Crippen molar-refractivity contribution in [3.63, 3.8) is 0 Å². The van der Waals surface area contributed by atoms with E-state index in [1.807, 2.05) is 12.1 Å². The molecule has 0 spiro atoms. The number of nitrogens with zero attached hydrogens (tertiary/aromatic N) is 1. The summed E-state index contributed by atoms with van der Waals surface area (Å²) in [6.07, 6.45) is 0.187. The van der Waals surface area contributed by atoms with Gasteiger partial charge in [-0.2, -0.15) is 0 Å². The number of thiophene rings is 1. The first-order valence-electron chi connectivity index (χ1n) is 7.37. The number of carboxylic acid groups (broad SMARTS) is 1. The minimum atomic E-state index is -1.11. The Bertz CT molecular complexity index is 743. The number of β-lactam (4-membered cyclic amide) rings is 1. The summed E-state index contributed by atoms with van der Waals surface area (Å²) in [6, 6.07) is 3.07. The Morgan fingerprint density at radius 2 is 2.12 bits per heavy atom. The van der Waals surface area contributed by atoms with Gasteiger partial charge in [0.2, 0.25) is 5.91 Å². The zero-order valence-electron chi connectivity index (χ0n) is 12.9. The molecule has 128 valence electrons. The van der Waals surface area contributed by atoms with Crippen molar-refractivity contribution in [2.45, 2.75) is 31.3 Å². The average Bonchev–Trinajstić information content (AvgIpc) is 2.99. The summed E-state index contributed by atoms with van der Waals surface area (Å²) >= 11 is 2.94. The third kappa shape index (κ3) is 2.94. The fourth-order valence-corrected chi connectivity index (χ4v) is 4.97. The molecule has 0 unspecified atom stereocenters. The fourth-order valence-electron chi connectivity index (χ4n) is 2.79. The van der Waals surface area contributed by atoms with E-state index >= 15 is 0 Å². The van der Waals surface area contributed by atoms with E-state index in [1.165, 1.54) is 28.0 Å². The lowest BCUT2D eigenvalue weighted by Gasteiger charge is -2.49. The van der Waals surface area contributed by atoms with Crippen molar-refractivity contribution in [2.75, 3.05) is 5.75 Å². The maximum Gasteiger partial charge on any atom is 0.352 e. The van der Waals surface area contributed by atoms with Crippen LogP contribution in [-0.2, 0) is 27.3 Å². The predicted octanol–water partition coefficient (Wildman–Crippen LogP) is 0.508. The molecule has 0 bridgehead atoms. The van der Waals surface area contributed by atoms with Gasteiger partial charge in [-0.1, -0.05) is 0 Å². The summed E-state index contributed by atoms with van der Waals surface area (Å²) in [5, 5.41) is 11.7. The van der Waals surface area contributed by atoms with Gasteiger partial charge in [0.15, 0.2) is 0 Å². The molecule has 7 nitrogen and oxygen atoms in total. The van der Waals surface area contributed by atoms with Crippen LogP contribution >= 0.6 is 23.1 Å². The summed E-state index contributed by atoms with van der Waals surface area (Å²) in [6.45, 7) is 2.14. The largest absolute Gasteiger partial charge is 0.477 e. The van der Waals surface area contributed by atoms with Gasteiger partial charge < -0.3 is 16.2 Å². The van der Waals surface area contributed by atoms with Crippen molar-refractivity contribution in [2.24, 2.45) is 5.73 Å². The number of carbonyl (C=O) groups excluding carboxylic acids is 2. The van der Waals surface area contributed by atoms with Gasteiger partial charge in [-0.15, -0.1) is 23.1 Å². The van der Waals surface area contributed by atoms with E-state index in [1.54, 1.807) is 6.92 Å². The van der Waals surface area contributed by atoms with Crippen LogP contribution in [0.5, 0.6) is 0 Å². The zero-order chi connectivity index (χ0) is 17.4. The van der Waals surface area contributed by atoms with Gasteiger partial charge >= 0.3 is 5.97 Å². The van der Waals surface area contributed by atoms with Gasteiger partial charge in [0, 0.05) is 22.1 Å². The second-order valence-electron chi connectivity index (χ2n) is 5.64. The Balaban J connectivity index is 1.64. The van der Waals surface area contributed by atoms with Crippen LogP contribution in [0.2, 0.25) is 0 Å². The quantitative estimate of drug-likeness (QED) is 0.654. The molecule has 2 aliphatic heterocycles. The molecule has 1 saturated heterocycles. The number of carboxylic acids is 1. The van der Waals surface area contributed by atoms with Crippen LogP contribution in [0.1, 0.15) is 16.7 Å². The summed E-state index contributed by atoms with van der Waals surface area (Å²) in [7, 11) is 0. The Hall–Kier alpha value is -1.84. The topological polar surface area (TPSA) is 113 Å². The van der Waals surface area contributed by atoms with Crippen LogP contribution in [0, 0.1) is 0 Å². The van der Waals surface area contributed by atoms with Gasteiger partial charge in [0.25, 0.3) is 5.91 Å². The summed E-state index contributed by atoms with van der Waals surface area (Å²) < 4.78 is 0. The number of carbonyl (C=O) groups is 3. The van der Waals surface area contributed by atoms with Crippen LogP contribution < -0.4 is 11.1 Å². The zero-order valence-corrected chi connectivity index (χ0v) is 14.6. The third-order valence-electron chi connectivity index (χ3n) is 3.93. The molecule has 1 aromatic rings. The highest BCUT2D eigenvalue weighted by atomic mass is 32.2. The smallest absolute Gasteiger partial charge is 0.352 e. The number of amides is 2. The highest BCUT2D eigenvalue weighted by molar-refractivity contribution is 8.00. The van der Waals surface area contributed by atoms with E-state index in [0.717, 1.165) is 9.75 Å². The standard InChI is InChI=1S/C15H17N3O4S2/c1-7-6-23-14-11(13(20)18(14)12(7)15(21)22)17-10(19)4-8-2-3-9(5-16)24-8/h2-3,11,14H,4-6,16H2,1H3,(H,17,19)(H,21,22)/t11-,14-/m1/s1. The number of rotatable bonds is 5. The molecular weight excluding hydrogens is 350 g/mol. The van der Waals surface area contributed by atoms with Crippen LogP contribution in [-0.4, -0.2) is 45.0 Å². The maximum atomic E-state index is 12.3. The summed E-state index contributed by atoms with van der Waals surface area (Å²) in [5.41, 5.74) is 6.25. The predicted molar refractivity (Wildman–Crippen MR) is 91.3 cm³/mol. The van der Waals surface area contributed by atoms with Gasteiger partial charge in [-0.05, 0) is 24.6 Å². The molecule has 1 aromatic heterocycles. The van der Waals surface area contributed by atoms with Crippen LogP contribution in [0.15, 0.2) is 23.4 Å². The molecule has 0 saturated carbocycles. The molecule has 0 aliphatic carbocycles. The number of fused-ring (bicyclic) bond motifs is 1. The molecule has 3 heterocycles. The second kappa shape index (κ2) is 6.58. The Morgan fingerprint density at radius 3 is 2.75 bits per heavy atom. The average molecular weight is 367 g/mol. The van der Waals surface area contributed by atoms with Crippen molar-refractivity contribution in [3.8, 4) is 0 Å². The fraction of sp³-hybridized carbons (Fsp3) is 0.400. The number of hydrogen-bond donors (Lipinski definition) is 3. The van der Waals surface area contributed by atoms with E-state index in [0.29, 0.717) is 17.9 Å². The molecule has 4 N–H and O–H groups in total. The normalized spacial score (nSPS) is 22.9. The number of hydrogen-bond acceptors (Lipinski definition) is 6. The van der Waals surface area contributed by atoms with Gasteiger partial charge in [-0.25, -0.2) is 4.79 Å². The highest BCUT2D eigenvalue weighted by Gasteiger charge is 2.53. The van der Waals surface area contributed by atoms with Crippen molar-refractivity contribution in [3.05, 3.63) is 33.2 Å². The lowest BCUT2D eigenvalue weighted by Crippen LogP contribution is -2.70. The number of aliphatic carboxylic acids is 1. The van der Waals surface area contributed by atoms with Crippen molar-refractivity contribution in [1.82, 2.24) is 10.2 Å². The molecule has 1 fully saturated rings. The minimum absolute atomic E-state index is 0.0418. The molecule has 24 heavy (non-hydrogen) atoms. The summed E-state index contributed by atoms with van der Waals surface area (Å²) in [4.78, 5) is 38.9. The summed E-state index contributed by atoms with van der Waals surface area (Å²) in [5.74, 6) is -1.19. The highest BCUT2D eigenvalue weighted by Crippen LogP contribution is 2.40. The molecule has 3 rings (SSSR count). The minimum Gasteiger partial charge on any atom is -0.477 e. The van der Waals surface area contributed by atoms with Crippen LogP contribution in [0.25, 0.3) is 0 Å². The van der Waals surface area contributed by atoms with Gasteiger partial charge in [-0.3, -0.25) is 14.5 Å². The second-order valence-corrected chi connectivity index (χ2v) is 8.00. The van der Waals surface area contributed by atoms with Crippen molar-refractivity contribution in [1.29, 1.82) is 0 Å². The molecule has 0 radical (unpaired) electrons. The van der Waals surface area contributed by atoms with Gasteiger partial charge in [0.05, 0.1) is 6.42 Å². The Labute approximate surface area is 146 Å². The lowest BCUT2D eigenvalue weighted by atomic mass is 10.0. The van der Waals surface area contributed by atoms with E-state index in [9.17, 15) is 19.5 Å². The monoisotopic (exact) mass is 367 g/mol. The van der Waals surface area contributed by atoms with Gasteiger partial charge in [0.1, 0.15) is 17.1 Å². The number of nitrogens with one attached hydrogen (secondary N) is 1.